The summed E-state index contributed by atoms with van der Waals surface area (Å²) in [5, 5.41) is 3.79. The first-order valence-electron chi connectivity index (χ1n) is 9.17. The summed E-state index contributed by atoms with van der Waals surface area (Å²) >= 11 is 0. The summed E-state index contributed by atoms with van der Waals surface area (Å²) in [5.41, 5.74) is 3.92. The number of nitrogens with one attached hydrogen (secondary N) is 1. The number of hydrazone groups is 1. The molecule has 152 valence electrons. The third-order valence-corrected chi connectivity index (χ3v) is 4.78. The van der Waals surface area contributed by atoms with E-state index in [1.807, 2.05) is 31.2 Å². The predicted molar refractivity (Wildman–Crippen MR) is 103 cm³/mol. The van der Waals surface area contributed by atoms with Gasteiger partial charge in [0, 0.05) is 18.7 Å². The lowest BCUT2D eigenvalue weighted by Crippen LogP contribution is -2.30. The first-order valence-corrected chi connectivity index (χ1v) is 9.17. The molecule has 1 aliphatic rings. The molecular weight excluding hydrogens is 383 g/mol. The van der Waals surface area contributed by atoms with Crippen LogP contribution in [-0.4, -0.2) is 24.6 Å². The quantitative estimate of drug-likeness (QED) is 0.610. The minimum absolute atomic E-state index is 0.0805. The van der Waals surface area contributed by atoms with Gasteiger partial charge in [-0.2, -0.15) is 18.3 Å². The Balaban J connectivity index is 1.57. The molecule has 1 aliphatic heterocycles. The number of alkyl halides is 3. The highest BCUT2D eigenvalue weighted by Gasteiger charge is 2.35. The van der Waals surface area contributed by atoms with E-state index >= 15 is 0 Å². The summed E-state index contributed by atoms with van der Waals surface area (Å²) in [7, 11) is 0. The van der Waals surface area contributed by atoms with Gasteiger partial charge in [-0.05, 0) is 41.8 Å². The van der Waals surface area contributed by atoms with Crippen molar-refractivity contribution in [2.45, 2.75) is 25.9 Å². The molecule has 1 fully saturated rings. The van der Waals surface area contributed by atoms with Crippen LogP contribution in [0.5, 0.6) is 0 Å². The lowest BCUT2D eigenvalue weighted by atomic mass is 10.1. The summed E-state index contributed by atoms with van der Waals surface area (Å²) in [6, 6.07) is 12.0. The van der Waals surface area contributed by atoms with Crippen LogP contribution < -0.4 is 10.3 Å². The maximum Gasteiger partial charge on any atom is 0.416 e. The molecule has 1 N–H and O–H groups in total. The van der Waals surface area contributed by atoms with E-state index in [0.717, 1.165) is 29.8 Å². The van der Waals surface area contributed by atoms with Crippen LogP contribution in [-0.2, 0) is 22.2 Å². The van der Waals surface area contributed by atoms with Crippen LogP contribution in [0.2, 0.25) is 0 Å². The largest absolute Gasteiger partial charge is 0.416 e. The minimum Gasteiger partial charge on any atom is -0.312 e. The van der Waals surface area contributed by atoms with Crippen LogP contribution in [0.15, 0.2) is 53.6 Å². The lowest BCUT2D eigenvalue weighted by molar-refractivity contribution is -0.137. The van der Waals surface area contributed by atoms with Crippen molar-refractivity contribution in [3.8, 4) is 0 Å². The summed E-state index contributed by atoms with van der Waals surface area (Å²) in [6.45, 7) is 2.30. The molecule has 5 nitrogen and oxygen atoms in total. The van der Waals surface area contributed by atoms with Crippen LogP contribution in [0.4, 0.5) is 18.9 Å². The highest BCUT2D eigenvalue weighted by atomic mass is 19.4. The fourth-order valence-electron chi connectivity index (χ4n) is 3.06. The molecule has 1 heterocycles. The maximum atomic E-state index is 12.6. The van der Waals surface area contributed by atoms with Gasteiger partial charge in [0.25, 0.3) is 0 Å². The molecule has 3 rings (SSSR count). The minimum atomic E-state index is -4.40. The third kappa shape index (κ3) is 5.01. The van der Waals surface area contributed by atoms with Crippen molar-refractivity contribution in [1.29, 1.82) is 0 Å². The number of carbonyl (C=O) groups is 2. The number of halogens is 3. The second-order valence-electron chi connectivity index (χ2n) is 6.78. The standard InChI is InChI=1S/C21H20F3N3O2/c1-2-14-5-9-18(10-6-14)27-13-16(11-19(27)28)20(29)26-25-12-15-3-7-17(8-4-15)21(22,23)24/h3-10,12,16H,2,11,13H2,1H3,(H,26,29)/b25-12+/t16-/m0/s1. The van der Waals surface area contributed by atoms with Crippen LogP contribution in [0.25, 0.3) is 0 Å². The number of rotatable bonds is 5. The number of anilines is 1. The molecule has 2 aromatic carbocycles. The molecule has 1 saturated heterocycles. The molecule has 8 heteroatoms. The van der Waals surface area contributed by atoms with Crippen LogP contribution in [0.3, 0.4) is 0 Å². The number of amides is 2. The van der Waals surface area contributed by atoms with E-state index in [0.29, 0.717) is 5.56 Å². The van der Waals surface area contributed by atoms with Crippen LogP contribution in [0, 0.1) is 5.92 Å². The Morgan fingerprint density at radius 2 is 1.83 bits per heavy atom. The molecule has 0 unspecified atom stereocenters. The Morgan fingerprint density at radius 1 is 1.17 bits per heavy atom. The van der Waals surface area contributed by atoms with Crippen molar-refractivity contribution in [1.82, 2.24) is 5.43 Å². The molecule has 1 atom stereocenters. The van der Waals surface area contributed by atoms with Crippen molar-refractivity contribution in [3.05, 3.63) is 65.2 Å². The maximum absolute atomic E-state index is 12.6. The average Bonchev–Trinajstić information content (AvgIpc) is 3.09. The number of aryl methyl sites for hydroxylation is 1. The van der Waals surface area contributed by atoms with Gasteiger partial charge in [-0.3, -0.25) is 9.59 Å². The second kappa shape index (κ2) is 8.46. The first-order chi connectivity index (χ1) is 13.8. The average molecular weight is 403 g/mol. The van der Waals surface area contributed by atoms with Gasteiger partial charge in [0.2, 0.25) is 11.8 Å². The predicted octanol–water partition coefficient (Wildman–Crippen LogP) is 3.77. The third-order valence-electron chi connectivity index (χ3n) is 4.78. The molecule has 0 spiro atoms. The summed E-state index contributed by atoms with van der Waals surface area (Å²) in [6.07, 6.45) is -2.16. The van der Waals surface area contributed by atoms with E-state index in [2.05, 4.69) is 10.5 Å². The van der Waals surface area contributed by atoms with Crippen molar-refractivity contribution < 1.29 is 22.8 Å². The van der Waals surface area contributed by atoms with Crippen molar-refractivity contribution in [3.63, 3.8) is 0 Å². The molecule has 29 heavy (non-hydrogen) atoms. The molecule has 0 radical (unpaired) electrons. The van der Waals surface area contributed by atoms with Crippen molar-refractivity contribution in [2.24, 2.45) is 11.0 Å². The Morgan fingerprint density at radius 3 is 2.41 bits per heavy atom. The molecule has 2 aromatic rings. The van der Waals surface area contributed by atoms with Gasteiger partial charge in [-0.1, -0.05) is 31.2 Å². The first kappa shape index (κ1) is 20.6. The number of hydrogen-bond donors (Lipinski definition) is 1. The van der Waals surface area contributed by atoms with Gasteiger partial charge in [0.05, 0.1) is 17.7 Å². The normalized spacial score (nSPS) is 17.2. The van der Waals surface area contributed by atoms with Gasteiger partial charge in [0.1, 0.15) is 0 Å². The van der Waals surface area contributed by atoms with E-state index in [4.69, 9.17) is 0 Å². The van der Waals surface area contributed by atoms with E-state index in [9.17, 15) is 22.8 Å². The Kier molecular flexibility index (Phi) is 6.00. The Hall–Kier alpha value is -3.16. The molecule has 0 aromatic heterocycles. The molecule has 0 saturated carbocycles. The van der Waals surface area contributed by atoms with E-state index < -0.39 is 23.6 Å². The van der Waals surface area contributed by atoms with E-state index in [1.54, 1.807) is 4.90 Å². The fourth-order valence-corrected chi connectivity index (χ4v) is 3.06. The molecule has 0 aliphatic carbocycles. The van der Waals surface area contributed by atoms with Gasteiger partial charge in [0.15, 0.2) is 0 Å². The van der Waals surface area contributed by atoms with Crippen molar-refractivity contribution >= 4 is 23.7 Å². The summed E-state index contributed by atoms with van der Waals surface area (Å²) < 4.78 is 37.7. The van der Waals surface area contributed by atoms with Crippen LogP contribution >= 0.6 is 0 Å². The Bertz CT molecular complexity index is 906. The smallest absolute Gasteiger partial charge is 0.312 e. The zero-order chi connectivity index (χ0) is 21.0. The highest BCUT2D eigenvalue weighted by Crippen LogP contribution is 2.29. The monoisotopic (exact) mass is 403 g/mol. The zero-order valence-electron chi connectivity index (χ0n) is 15.7. The number of hydrogen-bond acceptors (Lipinski definition) is 3. The number of benzene rings is 2. The zero-order valence-corrected chi connectivity index (χ0v) is 15.7. The molecular formula is C21H20F3N3O2. The van der Waals surface area contributed by atoms with Gasteiger partial charge < -0.3 is 4.90 Å². The van der Waals surface area contributed by atoms with Gasteiger partial charge in [-0.25, -0.2) is 5.43 Å². The SMILES string of the molecule is CCc1ccc(N2C[C@@H](C(=O)N/N=C/c3ccc(C(F)(F)F)cc3)CC2=O)cc1. The second-order valence-corrected chi connectivity index (χ2v) is 6.78. The number of nitrogens with zero attached hydrogens (tertiary/aromatic N) is 2. The molecule has 0 bridgehead atoms. The summed E-state index contributed by atoms with van der Waals surface area (Å²) in [5.74, 6) is -1.09. The van der Waals surface area contributed by atoms with Crippen molar-refractivity contribution in [2.75, 3.05) is 11.4 Å². The molecule has 2 amide bonds. The Labute approximate surface area is 166 Å². The fraction of sp³-hybridized carbons (Fsp3) is 0.286. The number of carbonyl (C=O) groups excluding carboxylic acids is 2. The van der Waals surface area contributed by atoms with Gasteiger partial charge in [-0.15, -0.1) is 0 Å². The highest BCUT2D eigenvalue weighted by molar-refractivity contribution is 6.00. The topological polar surface area (TPSA) is 61.8 Å². The van der Waals surface area contributed by atoms with E-state index in [-0.39, 0.29) is 18.9 Å². The van der Waals surface area contributed by atoms with Crippen LogP contribution in [0.1, 0.15) is 30.0 Å². The van der Waals surface area contributed by atoms with E-state index in [1.165, 1.54) is 18.3 Å². The lowest BCUT2D eigenvalue weighted by Gasteiger charge is -2.16. The summed E-state index contributed by atoms with van der Waals surface area (Å²) in [4.78, 5) is 26.1. The van der Waals surface area contributed by atoms with Gasteiger partial charge >= 0.3 is 6.18 Å².